The van der Waals surface area contributed by atoms with Crippen LogP contribution in [0.15, 0.2) is 30.3 Å². The van der Waals surface area contributed by atoms with E-state index in [-0.39, 0.29) is 5.69 Å². The molecule has 0 unspecified atom stereocenters. The molecule has 1 aromatic carbocycles. The summed E-state index contributed by atoms with van der Waals surface area (Å²) >= 11 is 1.72. The average molecular weight is 324 g/mol. The van der Waals surface area contributed by atoms with Gasteiger partial charge in [-0.15, -0.1) is 11.3 Å². The van der Waals surface area contributed by atoms with Crippen LogP contribution in [0.25, 0.3) is 10.6 Å². The van der Waals surface area contributed by atoms with Crippen molar-refractivity contribution < 1.29 is 9.90 Å². The highest BCUT2D eigenvalue weighted by atomic mass is 32.1. The number of aromatic carboxylic acids is 1. The van der Waals surface area contributed by atoms with Crippen molar-refractivity contribution in [2.75, 3.05) is 0 Å². The van der Waals surface area contributed by atoms with E-state index in [1.54, 1.807) is 11.3 Å². The Labute approximate surface area is 138 Å². The molecule has 0 radical (unpaired) electrons. The van der Waals surface area contributed by atoms with Crippen LogP contribution in [0.4, 0.5) is 0 Å². The van der Waals surface area contributed by atoms with Gasteiger partial charge in [-0.05, 0) is 31.0 Å². The van der Waals surface area contributed by atoms with Crippen molar-refractivity contribution in [3.8, 4) is 10.6 Å². The zero-order valence-electron chi connectivity index (χ0n) is 13.0. The largest absolute Gasteiger partial charge is 0.476 e. The van der Waals surface area contributed by atoms with E-state index in [1.807, 2.05) is 4.68 Å². The number of thiophene rings is 1. The number of aryl methyl sites for hydroxylation is 2. The van der Waals surface area contributed by atoms with Gasteiger partial charge in [0, 0.05) is 16.9 Å². The molecule has 1 aliphatic rings. The van der Waals surface area contributed by atoms with Crippen molar-refractivity contribution in [3.63, 3.8) is 0 Å². The highest BCUT2D eigenvalue weighted by molar-refractivity contribution is 7.15. The first kappa shape index (κ1) is 14.2. The fourth-order valence-electron chi connectivity index (χ4n) is 3.16. The quantitative estimate of drug-likeness (QED) is 0.622. The summed E-state index contributed by atoms with van der Waals surface area (Å²) in [5.41, 5.74) is 5.58. The van der Waals surface area contributed by atoms with Gasteiger partial charge in [0.15, 0.2) is 5.69 Å². The lowest BCUT2D eigenvalue weighted by atomic mass is 10.1. The van der Waals surface area contributed by atoms with Gasteiger partial charge in [0.25, 0.3) is 0 Å². The fourth-order valence-corrected chi connectivity index (χ4v) is 4.27. The number of hydrogen-bond donors (Lipinski definition) is 1. The third kappa shape index (κ3) is 2.28. The maximum Gasteiger partial charge on any atom is 0.356 e. The SMILES string of the molecule is Cc1ccc(Cn2nc(C(=O)O)c3c2-c2sc(C)cc2C3)cc1. The average Bonchev–Trinajstić information content (AvgIpc) is 3.11. The summed E-state index contributed by atoms with van der Waals surface area (Å²) in [7, 11) is 0. The van der Waals surface area contributed by atoms with Crippen molar-refractivity contribution in [1.29, 1.82) is 0 Å². The molecule has 0 amide bonds. The van der Waals surface area contributed by atoms with Crippen molar-refractivity contribution in [3.05, 3.63) is 63.2 Å². The second-order valence-corrected chi connectivity index (χ2v) is 7.27. The lowest BCUT2D eigenvalue weighted by Gasteiger charge is -2.06. The molecule has 5 heteroatoms. The predicted octanol–water partition coefficient (Wildman–Crippen LogP) is 3.88. The molecule has 3 aromatic rings. The standard InChI is InChI=1S/C18H16N2O2S/c1-10-3-5-12(6-4-10)9-20-16-14(15(19-20)18(21)22)8-13-7-11(2)23-17(13)16/h3-7H,8-9H2,1-2H3,(H,21,22). The Bertz CT molecular complexity index is 919. The van der Waals surface area contributed by atoms with E-state index < -0.39 is 5.97 Å². The molecule has 1 N–H and O–H groups in total. The minimum atomic E-state index is -0.948. The summed E-state index contributed by atoms with van der Waals surface area (Å²) in [6.07, 6.45) is 0.671. The van der Waals surface area contributed by atoms with E-state index in [0.29, 0.717) is 13.0 Å². The highest BCUT2D eigenvalue weighted by Crippen LogP contribution is 2.43. The van der Waals surface area contributed by atoms with E-state index in [4.69, 9.17) is 0 Å². The molecule has 0 fully saturated rings. The maximum absolute atomic E-state index is 11.5. The number of carboxylic acid groups (broad SMARTS) is 1. The number of carbonyl (C=O) groups is 1. The smallest absolute Gasteiger partial charge is 0.356 e. The zero-order chi connectivity index (χ0) is 16.1. The summed E-state index contributed by atoms with van der Waals surface area (Å²) in [5, 5.41) is 13.8. The van der Waals surface area contributed by atoms with Gasteiger partial charge >= 0.3 is 5.97 Å². The molecular formula is C18H16N2O2S. The van der Waals surface area contributed by atoms with Crippen LogP contribution in [0.3, 0.4) is 0 Å². The monoisotopic (exact) mass is 324 g/mol. The Balaban J connectivity index is 1.83. The van der Waals surface area contributed by atoms with Gasteiger partial charge in [0.2, 0.25) is 0 Å². The summed E-state index contributed by atoms with van der Waals surface area (Å²) in [6, 6.07) is 10.4. The topological polar surface area (TPSA) is 55.1 Å². The minimum Gasteiger partial charge on any atom is -0.476 e. The van der Waals surface area contributed by atoms with Crippen LogP contribution in [0, 0.1) is 13.8 Å². The molecule has 23 heavy (non-hydrogen) atoms. The molecule has 0 saturated heterocycles. The first-order valence-electron chi connectivity index (χ1n) is 7.51. The second-order valence-electron chi connectivity index (χ2n) is 6.01. The third-order valence-corrected chi connectivity index (χ3v) is 5.32. The lowest BCUT2D eigenvalue weighted by molar-refractivity contribution is 0.0688. The van der Waals surface area contributed by atoms with Gasteiger partial charge < -0.3 is 5.11 Å². The first-order valence-corrected chi connectivity index (χ1v) is 8.33. The van der Waals surface area contributed by atoms with Gasteiger partial charge in [-0.25, -0.2) is 4.79 Å². The van der Waals surface area contributed by atoms with Crippen molar-refractivity contribution in [2.24, 2.45) is 0 Å². The van der Waals surface area contributed by atoms with Crippen LogP contribution in [-0.2, 0) is 13.0 Å². The molecule has 0 bridgehead atoms. The molecule has 116 valence electrons. The highest BCUT2D eigenvalue weighted by Gasteiger charge is 2.31. The number of hydrogen-bond acceptors (Lipinski definition) is 3. The molecule has 1 aliphatic carbocycles. The molecule has 2 aromatic heterocycles. The Morgan fingerprint density at radius 3 is 2.74 bits per heavy atom. The summed E-state index contributed by atoms with van der Waals surface area (Å²) in [4.78, 5) is 14.0. The minimum absolute atomic E-state index is 0.188. The van der Waals surface area contributed by atoms with E-state index in [0.717, 1.165) is 16.8 Å². The molecule has 0 aliphatic heterocycles. The van der Waals surface area contributed by atoms with Crippen LogP contribution in [0.5, 0.6) is 0 Å². The third-order valence-electron chi connectivity index (χ3n) is 4.22. The molecule has 4 nitrogen and oxygen atoms in total. The fraction of sp³-hybridized carbons (Fsp3) is 0.222. The molecule has 2 heterocycles. The summed E-state index contributed by atoms with van der Waals surface area (Å²) < 4.78 is 1.85. The number of rotatable bonds is 3. The number of fused-ring (bicyclic) bond motifs is 3. The Kier molecular flexibility index (Phi) is 3.13. The van der Waals surface area contributed by atoms with Crippen molar-refractivity contribution in [2.45, 2.75) is 26.8 Å². The molecular weight excluding hydrogens is 308 g/mol. The van der Waals surface area contributed by atoms with Crippen LogP contribution >= 0.6 is 11.3 Å². The summed E-state index contributed by atoms with van der Waals surface area (Å²) in [5.74, 6) is -0.948. The van der Waals surface area contributed by atoms with Crippen LogP contribution in [-0.4, -0.2) is 20.9 Å². The van der Waals surface area contributed by atoms with Gasteiger partial charge in [-0.2, -0.15) is 5.10 Å². The molecule has 4 rings (SSSR count). The second kappa shape index (κ2) is 5.06. The van der Waals surface area contributed by atoms with E-state index in [9.17, 15) is 9.90 Å². The van der Waals surface area contributed by atoms with Gasteiger partial charge in [-0.1, -0.05) is 29.8 Å². The van der Waals surface area contributed by atoms with Gasteiger partial charge in [-0.3, -0.25) is 4.68 Å². The lowest BCUT2D eigenvalue weighted by Crippen LogP contribution is -2.06. The van der Waals surface area contributed by atoms with Crippen molar-refractivity contribution in [1.82, 2.24) is 9.78 Å². The maximum atomic E-state index is 11.5. The Morgan fingerprint density at radius 1 is 1.30 bits per heavy atom. The number of carboxylic acids is 1. The predicted molar refractivity (Wildman–Crippen MR) is 90.3 cm³/mol. The molecule has 0 saturated carbocycles. The van der Waals surface area contributed by atoms with E-state index >= 15 is 0 Å². The van der Waals surface area contributed by atoms with Crippen LogP contribution < -0.4 is 0 Å². The number of aromatic nitrogens is 2. The van der Waals surface area contributed by atoms with Crippen LogP contribution in [0.2, 0.25) is 0 Å². The first-order chi connectivity index (χ1) is 11.0. The number of benzene rings is 1. The number of nitrogens with zero attached hydrogens (tertiary/aromatic N) is 2. The van der Waals surface area contributed by atoms with Crippen LogP contribution in [0.1, 0.15) is 37.6 Å². The normalized spacial score (nSPS) is 12.3. The Hall–Kier alpha value is -2.40. The van der Waals surface area contributed by atoms with Gasteiger partial charge in [0.1, 0.15) is 0 Å². The van der Waals surface area contributed by atoms with E-state index in [1.165, 1.54) is 20.9 Å². The molecule has 0 atom stereocenters. The molecule has 0 spiro atoms. The van der Waals surface area contributed by atoms with Gasteiger partial charge in [0.05, 0.1) is 17.1 Å². The van der Waals surface area contributed by atoms with Crippen molar-refractivity contribution >= 4 is 17.3 Å². The van der Waals surface area contributed by atoms with E-state index in [2.05, 4.69) is 49.3 Å². The Morgan fingerprint density at radius 2 is 2.04 bits per heavy atom. The zero-order valence-corrected chi connectivity index (χ0v) is 13.8. The summed E-state index contributed by atoms with van der Waals surface area (Å²) in [6.45, 7) is 4.73.